The maximum atomic E-state index is 12.3. The fourth-order valence-electron chi connectivity index (χ4n) is 3.02. The van der Waals surface area contributed by atoms with E-state index in [1.165, 1.54) is 4.88 Å². The molecule has 0 aromatic carbocycles. The fourth-order valence-corrected chi connectivity index (χ4v) is 5.31. The highest BCUT2D eigenvalue weighted by Gasteiger charge is 2.30. The summed E-state index contributed by atoms with van der Waals surface area (Å²) in [5, 5.41) is 8.26. The topological polar surface area (TPSA) is 58.2 Å². The molecule has 2 rings (SSSR count). The summed E-state index contributed by atoms with van der Waals surface area (Å²) in [4.78, 5) is 13.5. The van der Waals surface area contributed by atoms with Gasteiger partial charge in [-0.2, -0.15) is 0 Å². The lowest BCUT2D eigenvalue weighted by Crippen LogP contribution is -2.51. The number of nitrogens with one attached hydrogen (secondary N) is 2. The Kier molecular flexibility index (Phi) is 6.89. The first-order valence-electron chi connectivity index (χ1n) is 8.13. The molecule has 124 valence electrons. The lowest BCUT2D eigenvalue weighted by atomic mass is 9.95. The van der Waals surface area contributed by atoms with Crippen molar-refractivity contribution < 1.29 is 9.00 Å². The predicted molar refractivity (Wildman–Crippen MR) is 93.7 cm³/mol. The zero-order chi connectivity index (χ0) is 15.9. The third-order valence-corrected chi connectivity index (χ3v) is 7.04. The number of thiophene rings is 1. The number of amides is 2. The Balaban J connectivity index is 1.93. The van der Waals surface area contributed by atoms with Crippen molar-refractivity contribution >= 4 is 28.2 Å². The molecular formula is C16H26N2O2S2. The molecule has 4 nitrogen and oxygen atoms in total. The predicted octanol–water partition coefficient (Wildman–Crippen LogP) is 3.58. The average molecular weight is 343 g/mol. The van der Waals surface area contributed by atoms with Crippen molar-refractivity contribution in [2.45, 2.75) is 63.3 Å². The van der Waals surface area contributed by atoms with Gasteiger partial charge in [0.05, 0.1) is 11.3 Å². The van der Waals surface area contributed by atoms with Crippen LogP contribution < -0.4 is 10.6 Å². The molecular weight excluding hydrogens is 316 g/mol. The first-order valence-corrected chi connectivity index (χ1v) is 10.4. The third-order valence-electron chi connectivity index (χ3n) is 4.24. The van der Waals surface area contributed by atoms with Gasteiger partial charge in [0, 0.05) is 27.5 Å². The van der Waals surface area contributed by atoms with Crippen LogP contribution in [-0.4, -0.2) is 27.3 Å². The molecule has 0 bridgehead atoms. The van der Waals surface area contributed by atoms with E-state index in [1.807, 2.05) is 18.4 Å². The standard InChI is InChI=1S/C16H26N2O2S2/c1-3-12(14-9-7-11-21-14)17-16(19)18-13-8-5-6-10-15(13)22(20)4-2/h7,9,11-13,15H,3-6,8,10H2,1-2H3,(H2,17,18,19)/t12-,13+,15+,22-/m0/s1. The van der Waals surface area contributed by atoms with Crippen LogP contribution in [0.15, 0.2) is 17.5 Å². The van der Waals surface area contributed by atoms with Gasteiger partial charge in [0.25, 0.3) is 0 Å². The molecule has 22 heavy (non-hydrogen) atoms. The van der Waals surface area contributed by atoms with Crippen molar-refractivity contribution in [2.24, 2.45) is 0 Å². The summed E-state index contributed by atoms with van der Waals surface area (Å²) < 4.78 is 12.2. The van der Waals surface area contributed by atoms with Gasteiger partial charge in [-0.15, -0.1) is 11.3 Å². The number of rotatable bonds is 6. The van der Waals surface area contributed by atoms with Crippen LogP contribution in [0.3, 0.4) is 0 Å². The van der Waals surface area contributed by atoms with Crippen LogP contribution in [0.1, 0.15) is 56.9 Å². The molecule has 0 saturated heterocycles. The lowest BCUT2D eigenvalue weighted by Gasteiger charge is -2.31. The van der Waals surface area contributed by atoms with Crippen LogP contribution in [-0.2, 0) is 10.8 Å². The molecule has 2 N–H and O–H groups in total. The van der Waals surface area contributed by atoms with E-state index >= 15 is 0 Å². The smallest absolute Gasteiger partial charge is 0.315 e. The van der Waals surface area contributed by atoms with Gasteiger partial charge in [-0.25, -0.2) is 4.79 Å². The van der Waals surface area contributed by atoms with E-state index in [0.29, 0.717) is 5.75 Å². The largest absolute Gasteiger partial charge is 0.334 e. The molecule has 1 saturated carbocycles. The van der Waals surface area contributed by atoms with E-state index in [4.69, 9.17) is 0 Å². The number of urea groups is 1. The molecule has 2 amide bonds. The van der Waals surface area contributed by atoms with Crippen molar-refractivity contribution in [3.8, 4) is 0 Å². The maximum Gasteiger partial charge on any atom is 0.315 e. The SMILES string of the molecule is CC[C@H](NC(=O)N[C@@H]1CCCC[C@H]1[S@@](=O)CC)c1cccs1. The van der Waals surface area contributed by atoms with Crippen molar-refractivity contribution in [1.82, 2.24) is 10.6 Å². The quantitative estimate of drug-likeness (QED) is 0.830. The second-order valence-electron chi connectivity index (χ2n) is 5.69. The summed E-state index contributed by atoms with van der Waals surface area (Å²) >= 11 is 1.66. The Morgan fingerprint density at radius 1 is 1.41 bits per heavy atom. The highest BCUT2D eigenvalue weighted by Crippen LogP contribution is 2.24. The van der Waals surface area contributed by atoms with Gasteiger partial charge >= 0.3 is 6.03 Å². The minimum absolute atomic E-state index is 0.0374. The Morgan fingerprint density at radius 3 is 2.82 bits per heavy atom. The molecule has 1 heterocycles. The Bertz CT molecular complexity index is 490. The van der Waals surface area contributed by atoms with Crippen LogP contribution in [0.4, 0.5) is 4.79 Å². The zero-order valence-electron chi connectivity index (χ0n) is 13.3. The molecule has 1 aromatic rings. The molecule has 1 aromatic heterocycles. The second kappa shape index (κ2) is 8.67. The van der Waals surface area contributed by atoms with E-state index in [9.17, 15) is 9.00 Å². The normalized spacial score (nSPS) is 24.5. The van der Waals surface area contributed by atoms with Crippen LogP contribution in [0.25, 0.3) is 0 Å². The van der Waals surface area contributed by atoms with Gasteiger partial charge in [0.1, 0.15) is 0 Å². The molecule has 0 radical (unpaired) electrons. The summed E-state index contributed by atoms with van der Waals surface area (Å²) in [7, 11) is -0.844. The van der Waals surface area contributed by atoms with Gasteiger partial charge in [-0.1, -0.05) is 32.8 Å². The molecule has 6 heteroatoms. The monoisotopic (exact) mass is 342 g/mol. The van der Waals surface area contributed by atoms with Gasteiger partial charge in [0.2, 0.25) is 0 Å². The third kappa shape index (κ3) is 4.56. The maximum absolute atomic E-state index is 12.3. The van der Waals surface area contributed by atoms with Gasteiger partial charge in [-0.05, 0) is 30.7 Å². The Morgan fingerprint density at radius 2 is 2.18 bits per heavy atom. The van der Waals surface area contributed by atoms with Gasteiger partial charge in [0.15, 0.2) is 0 Å². The van der Waals surface area contributed by atoms with Crippen molar-refractivity contribution in [3.63, 3.8) is 0 Å². The summed E-state index contributed by atoms with van der Waals surface area (Å²) in [5.41, 5.74) is 0. The van der Waals surface area contributed by atoms with E-state index in [1.54, 1.807) is 11.3 Å². The van der Waals surface area contributed by atoms with Crippen LogP contribution in [0.5, 0.6) is 0 Å². The number of carbonyl (C=O) groups is 1. The number of hydrogen-bond acceptors (Lipinski definition) is 3. The Labute approximate surface area is 139 Å². The van der Waals surface area contributed by atoms with Crippen molar-refractivity contribution in [2.75, 3.05) is 5.75 Å². The van der Waals surface area contributed by atoms with E-state index in [2.05, 4.69) is 23.6 Å². The van der Waals surface area contributed by atoms with E-state index in [-0.39, 0.29) is 23.4 Å². The first kappa shape index (κ1) is 17.5. The molecule has 4 atom stereocenters. The molecule has 1 fully saturated rings. The van der Waals surface area contributed by atoms with Crippen molar-refractivity contribution in [3.05, 3.63) is 22.4 Å². The first-order chi connectivity index (χ1) is 10.7. The van der Waals surface area contributed by atoms with E-state index in [0.717, 1.165) is 32.1 Å². The van der Waals surface area contributed by atoms with Crippen LogP contribution in [0.2, 0.25) is 0 Å². The summed E-state index contributed by atoms with van der Waals surface area (Å²) in [6.45, 7) is 4.02. The number of carbonyl (C=O) groups excluding carboxylic acids is 1. The molecule has 0 unspecified atom stereocenters. The van der Waals surface area contributed by atoms with Gasteiger partial charge in [-0.3, -0.25) is 4.21 Å². The highest BCUT2D eigenvalue weighted by atomic mass is 32.2. The minimum atomic E-state index is -0.844. The minimum Gasteiger partial charge on any atom is -0.334 e. The van der Waals surface area contributed by atoms with E-state index < -0.39 is 10.8 Å². The summed E-state index contributed by atoms with van der Waals surface area (Å²) in [6.07, 6.45) is 4.96. The highest BCUT2D eigenvalue weighted by molar-refractivity contribution is 7.85. The summed E-state index contributed by atoms with van der Waals surface area (Å²) in [5.74, 6) is 0.664. The lowest BCUT2D eigenvalue weighted by molar-refractivity contribution is 0.229. The zero-order valence-corrected chi connectivity index (χ0v) is 15.0. The summed E-state index contributed by atoms with van der Waals surface area (Å²) in [6, 6.07) is 4.01. The molecule has 0 aliphatic heterocycles. The van der Waals surface area contributed by atoms with Crippen LogP contribution in [0, 0.1) is 0 Å². The van der Waals surface area contributed by atoms with Crippen LogP contribution >= 0.6 is 11.3 Å². The second-order valence-corrected chi connectivity index (χ2v) is 8.62. The average Bonchev–Trinajstić information content (AvgIpc) is 3.06. The van der Waals surface area contributed by atoms with Crippen molar-refractivity contribution in [1.29, 1.82) is 0 Å². The fraction of sp³-hybridized carbons (Fsp3) is 0.688. The molecule has 1 aliphatic rings. The molecule has 0 spiro atoms. The number of hydrogen-bond donors (Lipinski definition) is 2. The molecule has 1 aliphatic carbocycles. The Hall–Kier alpha value is -0.880. The van der Waals surface area contributed by atoms with Gasteiger partial charge < -0.3 is 10.6 Å².